The molecule has 2 fully saturated rings. The van der Waals surface area contributed by atoms with Crippen LogP contribution in [0, 0.1) is 0 Å². The van der Waals surface area contributed by atoms with Crippen LogP contribution in [-0.2, 0) is 4.74 Å². The number of unbranched alkanes of at least 4 members (excludes halogenated alkanes) is 1. The van der Waals surface area contributed by atoms with Gasteiger partial charge in [0, 0.05) is 61.4 Å². The molecule has 2 saturated heterocycles. The third-order valence-electron chi connectivity index (χ3n) is 8.43. The number of hydrogen-bond donors (Lipinski definition) is 2. The molecular weight excluding hydrogens is 566 g/mol. The van der Waals surface area contributed by atoms with Crippen molar-refractivity contribution < 1.29 is 19.7 Å². The standard InChI is InChI=1S/C36H43N5O4/c1-2-3-22-44-24-30(42)25-45-31-16-17-32(33(43)23-31)36-38-34(26-8-12-28(13-9-26)40-18-4-5-19-40)37-35(39-36)27-10-14-29(15-11-27)41-20-6-7-21-41/h8-17,23,30,42-43H,2-7,18-22,24-25H2,1H3. The molecule has 236 valence electrons. The number of ether oxygens (including phenoxy) is 2. The van der Waals surface area contributed by atoms with Crippen molar-refractivity contribution in [1.29, 1.82) is 0 Å². The Morgan fingerprint density at radius 3 is 1.76 bits per heavy atom. The summed E-state index contributed by atoms with van der Waals surface area (Å²) in [6, 6.07) is 21.7. The molecule has 0 amide bonds. The highest BCUT2D eigenvalue weighted by atomic mass is 16.5. The zero-order valence-electron chi connectivity index (χ0n) is 26.1. The number of rotatable bonds is 13. The molecule has 0 saturated carbocycles. The van der Waals surface area contributed by atoms with Gasteiger partial charge < -0.3 is 29.5 Å². The molecule has 9 heteroatoms. The van der Waals surface area contributed by atoms with E-state index < -0.39 is 6.10 Å². The Balaban J connectivity index is 1.26. The zero-order chi connectivity index (χ0) is 31.0. The van der Waals surface area contributed by atoms with Crippen LogP contribution in [0.2, 0.25) is 0 Å². The number of aliphatic hydroxyl groups excluding tert-OH is 1. The number of benzene rings is 3. The fraction of sp³-hybridized carbons (Fsp3) is 0.417. The summed E-state index contributed by atoms with van der Waals surface area (Å²) in [5.74, 6) is 1.87. The molecule has 9 nitrogen and oxygen atoms in total. The molecule has 1 unspecified atom stereocenters. The number of aromatic hydroxyl groups is 1. The van der Waals surface area contributed by atoms with Gasteiger partial charge >= 0.3 is 0 Å². The molecule has 0 spiro atoms. The van der Waals surface area contributed by atoms with Gasteiger partial charge in [0.1, 0.15) is 24.2 Å². The fourth-order valence-electron chi connectivity index (χ4n) is 5.84. The predicted octanol–water partition coefficient (Wildman–Crippen LogP) is 6.34. The quantitative estimate of drug-likeness (QED) is 0.168. The van der Waals surface area contributed by atoms with Crippen LogP contribution in [-0.4, -0.2) is 77.3 Å². The van der Waals surface area contributed by atoms with Gasteiger partial charge in [0.05, 0.1) is 12.2 Å². The Morgan fingerprint density at radius 1 is 0.711 bits per heavy atom. The van der Waals surface area contributed by atoms with E-state index in [4.69, 9.17) is 24.4 Å². The van der Waals surface area contributed by atoms with Crippen molar-refractivity contribution in [3.8, 4) is 45.7 Å². The minimum absolute atomic E-state index is 0.0157. The van der Waals surface area contributed by atoms with Crippen LogP contribution < -0.4 is 14.5 Å². The fourth-order valence-corrected chi connectivity index (χ4v) is 5.84. The summed E-state index contributed by atoms with van der Waals surface area (Å²) in [6.45, 7) is 7.30. The molecule has 0 radical (unpaired) electrons. The summed E-state index contributed by atoms with van der Waals surface area (Å²) in [5, 5.41) is 21.3. The summed E-state index contributed by atoms with van der Waals surface area (Å²) >= 11 is 0. The number of aromatic nitrogens is 3. The molecule has 1 atom stereocenters. The Morgan fingerprint density at radius 2 is 1.24 bits per heavy atom. The molecular formula is C36H43N5O4. The van der Waals surface area contributed by atoms with E-state index in [1.165, 1.54) is 43.1 Å². The van der Waals surface area contributed by atoms with Gasteiger partial charge in [-0.1, -0.05) is 13.3 Å². The second-order valence-corrected chi connectivity index (χ2v) is 11.9. The van der Waals surface area contributed by atoms with Crippen LogP contribution in [0.1, 0.15) is 45.4 Å². The zero-order valence-corrected chi connectivity index (χ0v) is 26.1. The maximum Gasteiger partial charge on any atom is 0.167 e. The minimum Gasteiger partial charge on any atom is -0.507 e. The first-order chi connectivity index (χ1) is 22.1. The summed E-state index contributed by atoms with van der Waals surface area (Å²) in [5.41, 5.74) is 4.64. The van der Waals surface area contributed by atoms with Gasteiger partial charge in [-0.05, 0) is 92.8 Å². The summed E-state index contributed by atoms with van der Waals surface area (Å²) in [6.07, 6.45) is 6.13. The molecule has 2 aliphatic heterocycles. The lowest BCUT2D eigenvalue weighted by atomic mass is 10.1. The third kappa shape index (κ3) is 7.72. The largest absolute Gasteiger partial charge is 0.507 e. The van der Waals surface area contributed by atoms with E-state index in [-0.39, 0.29) is 19.0 Å². The smallest absolute Gasteiger partial charge is 0.167 e. The van der Waals surface area contributed by atoms with Crippen LogP contribution in [0.25, 0.3) is 34.2 Å². The van der Waals surface area contributed by atoms with Crippen LogP contribution in [0.5, 0.6) is 11.5 Å². The van der Waals surface area contributed by atoms with E-state index in [0.29, 0.717) is 35.4 Å². The maximum atomic E-state index is 11.1. The number of phenols is 1. The van der Waals surface area contributed by atoms with E-state index >= 15 is 0 Å². The lowest BCUT2D eigenvalue weighted by molar-refractivity contribution is 0.0113. The molecule has 3 aromatic carbocycles. The topological polar surface area (TPSA) is 104 Å². The Labute approximate surface area is 265 Å². The number of phenolic OH excluding ortho intramolecular Hbond substituents is 1. The molecule has 1 aromatic heterocycles. The van der Waals surface area contributed by atoms with E-state index in [1.807, 2.05) is 0 Å². The maximum absolute atomic E-state index is 11.1. The molecule has 6 rings (SSSR count). The SMILES string of the molecule is CCCCOCC(O)COc1ccc(-c2nc(-c3ccc(N4CCCC4)cc3)nc(-c3ccc(N4CCCC4)cc3)n2)c(O)c1. The van der Waals surface area contributed by atoms with Gasteiger partial charge in [-0.15, -0.1) is 0 Å². The summed E-state index contributed by atoms with van der Waals surface area (Å²) < 4.78 is 11.2. The molecule has 3 heterocycles. The van der Waals surface area contributed by atoms with Crippen LogP contribution in [0.15, 0.2) is 66.7 Å². The Kier molecular flexibility index (Phi) is 10.1. The van der Waals surface area contributed by atoms with E-state index in [1.54, 1.807) is 12.1 Å². The van der Waals surface area contributed by atoms with Crippen molar-refractivity contribution in [3.05, 3.63) is 66.7 Å². The highest BCUT2D eigenvalue weighted by molar-refractivity contribution is 5.71. The molecule has 0 bridgehead atoms. The predicted molar refractivity (Wildman–Crippen MR) is 178 cm³/mol. The second-order valence-electron chi connectivity index (χ2n) is 11.9. The normalized spacial score (nSPS) is 15.5. The van der Waals surface area contributed by atoms with Crippen LogP contribution in [0.3, 0.4) is 0 Å². The van der Waals surface area contributed by atoms with Gasteiger partial charge in [-0.25, -0.2) is 15.0 Å². The van der Waals surface area contributed by atoms with Crippen molar-refractivity contribution >= 4 is 11.4 Å². The number of nitrogens with zero attached hydrogens (tertiary/aromatic N) is 5. The Hall–Kier alpha value is -4.21. The third-order valence-corrected chi connectivity index (χ3v) is 8.43. The monoisotopic (exact) mass is 609 g/mol. The first-order valence-electron chi connectivity index (χ1n) is 16.3. The minimum atomic E-state index is -0.758. The molecule has 0 aliphatic carbocycles. The van der Waals surface area contributed by atoms with Crippen molar-refractivity contribution in [2.24, 2.45) is 0 Å². The number of anilines is 2. The highest BCUT2D eigenvalue weighted by Gasteiger charge is 2.18. The van der Waals surface area contributed by atoms with Gasteiger partial charge in [0.2, 0.25) is 0 Å². The van der Waals surface area contributed by atoms with Crippen molar-refractivity contribution in [1.82, 2.24) is 15.0 Å². The summed E-state index contributed by atoms with van der Waals surface area (Å²) in [7, 11) is 0. The van der Waals surface area contributed by atoms with Crippen LogP contribution >= 0.6 is 0 Å². The van der Waals surface area contributed by atoms with E-state index in [0.717, 1.165) is 50.1 Å². The second kappa shape index (κ2) is 14.7. The first kappa shape index (κ1) is 30.8. The lowest BCUT2D eigenvalue weighted by Gasteiger charge is -2.18. The average molecular weight is 610 g/mol. The Bertz CT molecular complexity index is 1460. The van der Waals surface area contributed by atoms with Crippen molar-refractivity contribution in [2.75, 3.05) is 55.8 Å². The van der Waals surface area contributed by atoms with Crippen LogP contribution in [0.4, 0.5) is 11.4 Å². The lowest BCUT2D eigenvalue weighted by Crippen LogP contribution is -2.23. The molecule has 2 N–H and O–H groups in total. The summed E-state index contributed by atoms with van der Waals surface area (Å²) in [4.78, 5) is 19.3. The van der Waals surface area contributed by atoms with E-state index in [9.17, 15) is 10.2 Å². The van der Waals surface area contributed by atoms with Crippen molar-refractivity contribution in [3.63, 3.8) is 0 Å². The first-order valence-corrected chi connectivity index (χ1v) is 16.3. The molecule has 2 aliphatic rings. The highest BCUT2D eigenvalue weighted by Crippen LogP contribution is 2.34. The average Bonchev–Trinajstić information content (AvgIpc) is 3.82. The van der Waals surface area contributed by atoms with Gasteiger partial charge in [-0.2, -0.15) is 0 Å². The van der Waals surface area contributed by atoms with Gasteiger partial charge in [0.15, 0.2) is 17.5 Å². The van der Waals surface area contributed by atoms with Gasteiger partial charge in [0.25, 0.3) is 0 Å². The molecule has 4 aromatic rings. The van der Waals surface area contributed by atoms with E-state index in [2.05, 4.69) is 65.3 Å². The number of hydrogen-bond acceptors (Lipinski definition) is 9. The van der Waals surface area contributed by atoms with Gasteiger partial charge in [-0.3, -0.25) is 0 Å². The van der Waals surface area contributed by atoms with Crippen molar-refractivity contribution in [2.45, 2.75) is 51.6 Å². The number of aliphatic hydroxyl groups is 1. The molecule has 45 heavy (non-hydrogen) atoms.